The molecule has 0 aromatic carbocycles. The molecule has 4 N–H and O–H groups in total. The van der Waals surface area contributed by atoms with Crippen LogP contribution in [0.25, 0.3) is 0 Å². The molecule has 1 atom stereocenters. The van der Waals surface area contributed by atoms with E-state index in [2.05, 4.69) is 5.32 Å². The van der Waals surface area contributed by atoms with E-state index < -0.39 is 18.0 Å². The van der Waals surface area contributed by atoms with Crippen LogP contribution in [0.4, 0.5) is 0 Å². The summed E-state index contributed by atoms with van der Waals surface area (Å²) >= 11 is 0. The second-order valence-electron chi connectivity index (χ2n) is 3.10. The van der Waals surface area contributed by atoms with Gasteiger partial charge in [0.05, 0.1) is 0 Å². The number of carbonyl (C=O) groups is 2. The first kappa shape index (κ1) is 17.3. The minimum atomic E-state index is -0.896. The summed E-state index contributed by atoms with van der Waals surface area (Å²) in [6.45, 7) is 4.15. The Kier molecular flexibility index (Phi) is 12.9. The predicted octanol–water partition coefficient (Wildman–Crippen LogP) is 0.303. The molecule has 0 saturated carbocycles. The molecule has 0 fully saturated rings. The van der Waals surface area contributed by atoms with Gasteiger partial charge < -0.3 is 20.6 Å². The number of aliphatic hydroxyl groups excluding tert-OH is 1. The highest BCUT2D eigenvalue weighted by Crippen LogP contribution is 1.90. The van der Waals surface area contributed by atoms with Gasteiger partial charge in [0.1, 0.15) is 6.04 Å². The summed E-state index contributed by atoms with van der Waals surface area (Å²) < 4.78 is 0. The SMILES string of the molecule is CCC(=O)O.CCCN[C@@H](CCO)C(=O)O. The summed E-state index contributed by atoms with van der Waals surface area (Å²) in [5.41, 5.74) is 0. The van der Waals surface area contributed by atoms with Gasteiger partial charge in [-0.3, -0.25) is 9.59 Å². The molecule has 0 aromatic rings. The van der Waals surface area contributed by atoms with Crippen molar-refractivity contribution in [3.63, 3.8) is 0 Å². The highest BCUT2D eigenvalue weighted by atomic mass is 16.4. The lowest BCUT2D eigenvalue weighted by Gasteiger charge is -2.11. The molecule has 0 aliphatic heterocycles. The van der Waals surface area contributed by atoms with Crippen LogP contribution < -0.4 is 5.32 Å². The van der Waals surface area contributed by atoms with E-state index in [0.29, 0.717) is 6.54 Å². The van der Waals surface area contributed by atoms with Crippen molar-refractivity contribution >= 4 is 11.9 Å². The van der Waals surface area contributed by atoms with Gasteiger partial charge in [-0.1, -0.05) is 13.8 Å². The van der Waals surface area contributed by atoms with Gasteiger partial charge in [0.15, 0.2) is 0 Å². The molecule has 0 radical (unpaired) electrons. The molecule has 0 rings (SSSR count). The summed E-state index contributed by atoms with van der Waals surface area (Å²) in [4.78, 5) is 19.8. The summed E-state index contributed by atoms with van der Waals surface area (Å²) in [5.74, 6) is -1.64. The number of carboxylic acid groups (broad SMARTS) is 2. The van der Waals surface area contributed by atoms with Crippen molar-refractivity contribution in [3.05, 3.63) is 0 Å². The average molecular weight is 235 g/mol. The molecule has 0 aromatic heterocycles. The van der Waals surface area contributed by atoms with Crippen LogP contribution in [0.3, 0.4) is 0 Å². The Morgan fingerprint density at radius 1 is 1.25 bits per heavy atom. The molecule has 0 amide bonds. The van der Waals surface area contributed by atoms with Gasteiger partial charge in [-0.25, -0.2) is 0 Å². The van der Waals surface area contributed by atoms with Crippen LogP contribution >= 0.6 is 0 Å². The second kappa shape index (κ2) is 11.9. The highest BCUT2D eigenvalue weighted by Gasteiger charge is 2.14. The van der Waals surface area contributed by atoms with E-state index in [1.165, 1.54) is 0 Å². The van der Waals surface area contributed by atoms with Crippen molar-refractivity contribution in [2.45, 2.75) is 39.2 Å². The molecule has 0 unspecified atom stereocenters. The zero-order valence-electron chi connectivity index (χ0n) is 9.77. The molecule has 96 valence electrons. The van der Waals surface area contributed by atoms with Crippen LogP contribution in [0.5, 0.6) is 0 Å². The number of aliphatic hydroxyl groups is 1. The van der Waals surface area contributed by atoms with Gasteiger partial charge in [0.2, 0.25) is 0 Å². The van der Waals surface area contributed by atoms with Crippen LogP contribution in [0.15, 0.2) is 0 Å². The van der Waals surface area contributed by atoms with Gasteiger partial charge in [-0.05, 0) is 19.4 Å². The van der Waals surface area contributed by atoms with Crippen LogP contribution in [0.2, 0.25) is 0 Å². The Hall–Kier alpha value is -1.14. The van der Waals surface area contributed by atoms with E-state index in [1.54, 1.807) is 6.92 Å². The Balaban J connectivity index is 0. The normalized spacial score (nSPS) is 11.2. The second-order valence-corrected chi connectivity index (χ2v) is 3.10. The zero-order valence-corrected chi connectivity index (χ0v) is 9.77. The number of carboxylic acids is 2. The number of hydrogen-bond donors (Lipinski definition) is 4. The fraction of sp³-hybridized carbons (Fsp3) is 0.800. The zero-order chi connectivity index (χ0) is 13.0. The third-order valence-corrected chi connectivity index (χ3v) is 1.66. The largest absolute Gasteiger partial charge is 0.481 e. The molecule has 0 spiro atoms. The van der Waals surface area contributed by atoms with Crippen LogP contribution in [0.1, 0.15) is 33.1 Å². The minimum absolute atomic E-state index is 0.0896. The Morgan fingerprint density at radius 2 is 1.75 bits per heavy atom. The number of nitrogens with one attached hydrogen (secondary N) is 1. The summed E-state index contributed by atoms with van der Waals surface area (Å²) in [6, 6.07) is -0.597. The van der Waals surface area contributed by atoms with Crippen molar-refractivity contribution in [1.82, 2.24) is 5.32 Å². The van der Waals surface area contributed by atoms with E-state index >= 15 is 0 Å². The van der Waals surface area contributed by atoms with Gasteiger partial charge in [0, 0.05) is 13.0 Å². The molecule has 0 aliphatic carbocycles. The van der Waals surface area contributed by atoms with Crippen LogP contribution in [-0.4, -0.2) is 46.5 Å². The summed E-state index contributed by atoms with van der Waals surface area (Å²) in [6.07, 6.45) is 1.39. The topological polar surface area (TPSA) is 107 Å². The van der Waals surface area contributed by atoms with Gasteiger partial charge in [-0.2, -0.15) is 0 Å². The van der Waals surface area contributed by atoms with E-state index in [-0.39, 0.29) is 19.4 Å². The predicted molar refractivity (Wildman–Crippen MR) is 59.3 cm³/mol. The van der Waals surface area contributed by atoms with Gasteiger partial charge in [-0.15, -0.1) is 0 Å². The fourth-order valence-electron chi connectivity index (χ4n) is 0.761. The first-order chi connectivity index (χ1) is 7.49. The molecule has 0 saturated heterocycles. The minimum Gasteiger partial charge on any atom is -0.481 e. The maximum absolute atomic E-state index is 10.4. The fourth-order valence-corrected chi connectivity index (χ4v) is 0.761. The third kappa shape index (κ3) is 12.9. The van der Waals surface area contributed by atoms with E-state index in [1.807, 2.05) is 6.92 Å². The lowest BCUT2D eigenvalue weighted by atomic mass is 10.2. The molecule has 16 heavy (non-hydrogen) atoms. The van der Waals surface area contributed by atoms with Crippen molar-refractivity contribution in [2.75, 3.05) is 13.2 Å². The first-order valence-electron chi connectivity index (χ1n) is 5.28. The first-order valence-corrected chi connectivity index (χ1v) is 5.28. The average Bonchev–Trinajstić information content (AvgIpc) is 2.24. The van der Waals surface area contributed by atoms with Crippen molar-refractivity contribution in [2.24, 2.45) is 0 Å². The summed E-state index contributed by atoms with van der Waals surface area (Å²) in [7, 11) is 0. The quantitative estimate of drug-likeness (QED) is 0.505. The third-order valence-electron chi connectivity index (χ3n) is 1.66. The smallest absolute Gasteiger partial charge is 0.320 e. The maximum atomic E-state index is 10.4. The number of aliphatic carboxylic acids is 2. The number of hydrogen-bond acceptors (Lipinski definition) is 4. The van der Waals surface area contributed by atoms with Crippen LogP contribution in [-0.2, 0) is 9.59 Å². The maximum Gasteiger partial charge on any atom is 0.320 e. The van der Waals surface area contributed by atoms with Crippen molar-refractivity contribution in [1.29, 1.82) is 0 Å². The molecule has 0 aliphatic rings. The monoisotopic (exact) mass is 235 g/mol. The van der Waals surface area contributed by atoms with Crippen LogP contribution in [0, 0.1) is 0 Å². The molecular formula is C10H21NO5. The lowest BCUT2D eigenvalue weighted by Crippen LogP contribution is -2.37. The van der Waals surface area contributed by atoms with Crippen molar-refractivity contribution in [3.8, 4) is 0 Å². The van der Waals surface area contributed by atoms with E-state index in [9.17, 15) is 9.59 Å². The van der Waals surface area contributed by atoms with Gasteiger partial charge in [0.25, 0.3) is 0 Å². The Bertz CT molecular complexity index is 196. The highest BCUT2D eigenvalue weighted by molar-refractivity contribution is 5.73. The summed E-state index contributed by atoms with van der Waals surface area (Å²) in [5, 5.41) is 27.6. The lowest BCUT2D eigenvalue weighted by molar-refractivity contribution is -0.140. The Labute approximate surface area is 95.3 Å². The molecule has 0 heterocycles. The molecular weight excluding hydrogens is 214 g/mol. The molecule has 6 nitrogen and oxygen atoms in total. The van der Waals surface area contributed by atoms with E-state index in [4.69, 9.17) is 15.3 Å². The Morgan fingerprint density at radius 3 is 2.00 bits per heavy atom. The van der Waals surface area contributed by atoms with Gasteiger partial charge >= 0.3 is 11.9 Å². The standard InChI is InChI=1S/C7H15NO3.C3H6O2/c1-2-4-8-6(3-5-9)7(10)11;1-2-3(4)5/h6,8-9H,2-5H2,1H3,(H,10,11);2H2,1H3,(H,4,5)/t6-;/m0./s1. The van der Waals surface area contributed by atoms with Crippen molar-refractivity contribution < 1.29 is 24.9 Å². The molecule has 6 heteroatoms. The van der Waals surface area contributed by atoms with E-state index in [0.717, 1.165) is 6.42 Å². The number of rotatable bonds is 7. The molecule has 0 bridgehead atoms.